The molecule has 90 valence electrons. The van der Waals surface area contributed by atoms with Gasteiger partial charge in [-0.05, 0) is 29.8 Å². The van der Waals surface area contributed by atoms with E-state index in [1.165, 1.54) is 5.69 Å². The van der Waals surface area contributed by atoms with E-state index < -0.39 is 0 Å². The Morgan fingerprint density at radius 2 is 2.24 bits per heavy atom. The molecule has 0 amide bonds. The second-order valence-electron chi connectivity index (χ2n) is 3.49. The summed E-state index contributed by atoms with van der Waals surface area (Å²) >= 11 is 5.25. The molecule has 0 atom stereocenters. The lowest BCUT2D eigenvalue weighted by Gasteiger charge is -2.04. The number of hydrogen-bond acceptors (Lipinski definition) is 4. The molecule has 0 unspecified atom stereocenters. The van der Waals surface area contributed by atoms with Crippen LogP contribution in [0.1, 0.15) is 18.3 Å². The summed E-state index contributed by atoms with van der Waals surface area (Å²) in [6, 6.07) is 0. The Morgan fingerprint density at radius 3 is 2.88 bits per heavy atom. The molecule has 0 spiro atoms. The van der Waals surface area contributed by atoms with Gasteiger partial charge in [-0.3, -0.25) is 9.67 Å². The maximum absolute atomic E-state index is 4.46. The molecule has 2 aromatic heterocycles. The average Bonchev–Trinajstić information content (AvgIpc) is 2.64. The van der Waals surface area contributed by atoms with E-state index in [1.54, 1.807) is 30.4 Å². The molecule has 2 aromatic rings. The minimum Gasteiger partial charge on any atom is -0.268 e. The minimum absolute atomic E-state index is 0.841. The van der Waals surface area contributed by atoms with E-state index in [0.29, 0.717) is 0 Å². The van der Waals surface area contributed by atoms with Crippen LogP contribution in [0.4, 0.5) is 0 Å². The lowest BCUT2D eigenvalue weighted by molar-refractivity contribution is 0.631. The van der Waals surface area contributed by atoms with Crippen LogP contribution in [0.5, 0.6) is 0 Å². The van der Waals surface area contributed by atoms with Crippen molar-refractivity contribution in [2.24, 2.45) is 0 Å². The van der Waals surface area contributed by atoms with Crippen molar-refractivity contribution in [1.29, 1.82) is 0 Å². The highest BCUT2D eigenvalue weighted by atomic mass is 79.9. The maximum atomic E-state index is 4.46. The van der Waals surface area contributed by atoms with Crippen LogP contribution in [0.3, 0.4) is 0 Å². The second kappa shape index (κ2) is 5.64. The molecule has 0 radical (unpaired) electrons. The Hall–Kier alpha value is -0.880. The van der Waals surface area contributed by atoms with Crippen LogP contribution in [-0.2, 0) is 12.3 Å². The quantitative estimate of drug-likeness (QED) is 0.814. The van der Waals surface area contributed by atoms with Gasteiger partial charge in [-0.1, -0.05) is 11.8 Å². The van der Waals surface area contributed by atoms with E-state index in [1.807, 2.05) is 11.6 Å². The molecule has 4 nitrogen and oxygen atoms in total. The van der Waals surface area contributed by atoms with Gasteiger partial charge in [0.1, 0.15) is 5.03 Å². The zero-order valence-corrected chi connectivity index (χ0v) is 12.1. The molecule has 0 aromatic carbocycles. The van der Waals surface area contributed by atoms with Gasteiger partial charge in [0.2, 0.25) is 0 Å². The molecule has 0 saturated heterocycles. The van der Waals surface area contributed by atoms with Gasteiger partial charge < -0.3 is 0 Å². The van der Waals surface area contributed by atoms with Crippen LogP contribution < -0.4 is 0 Å². The first kappa shape index (κ1) is 12.6. The van der Waals surface area contributed by atoms with Gasteiger partial charge in [-0.15, -0.1) is 0 Å². The van der Waals surface area contributed by atoms with E-state index in [-0.39, 0.29) is 0 Å². The third kappa shape index (κ3) is 2.87. The molecule has 0 aliphatic rings. The molecule has 0 fully saturated rings. The number of aromatic nitrogens is 4. The Morgan fingerprint density at radius 1 is 1.41 bits per heavy atom. The average molecular weight is 313 g/mol. The summed E-state index contributed by atoms with van der Waals surface area (Å²) in [5, 5.41) is 5.39. The van der Waals surface area contributed by atoms with Gasteiger partial charge in [-0.25, -0.2) is 4.98 Å². The van der Waals surface area contributed by atoms with E-state index in [4.69, 9.17) is 0 Å². The zero-order chi connectivity index (χ0) is 12.3. The van der Waals surface area contributed by atoms with Crippen LogP contribution >= 0.6 is 27.7 Å². The smallest absolute Gasteiger partial charge is 0.115 e. The molecule has 0 N–H and O–H groups in total. The lowest BCUT2D eigenvalue weighted by Crippen LogP contribution is -2.01. The van der Waals surface area contributed by atoms with Crippen LogP contribution in [0.25, 0.3) is 0 Å². The van der Waals surface area contributed by atoms with Crippen molar-refractivity contribution in [1.82, 2.24) is 19.7 Å². The standard InChI is InChI=1S/C11H13BrN4S/c1-3-16-9(11(12)8(2)15-16)7-17-10-6-13-4-5-14-10/h4-6H,3,7H2,1-2H3. The molecule has 0 saturated carbocycles. The molecule has 17 heavy (non-hydrogen) atoms. The fourth-order valence-corrected chi connectivity index (χ4v) is 2.97. The lowest BCUT2D eigenvalue weighted by atomic mass is 10.4. The molecule has 0 bridgehead atoms. The van der Waals surface area contributed by atoms with Gasteiger partial charge in [0.25, 0.3) is 0 Å². The Bertz CT molecular complexity index is 498. The van der Waals surface area contributed by atoms with Crippen molar-refractivity contribution in [3.8, 4) is 0 Å². The molecule has 6 heteroatoms. The highest BCUT2D eigenvalue weighted by Crippen LogP contribution is 2.27. The highest BCUT2D eigenvalue weighted by molar-refractivity contribution is 9.10. The fourth-order valence-electron chi connectivity index (χ4n) is 1.51. The van der Waals surface area contributed by atoms with Crippen LogP contribution in [0, 0.1) is 6.92 Å². The summed E-state index contributed by atoms with van der Waals surface area (Å²) in [6.45, 7) is 4.98. The topological polar surface area (TPSA) is 43.6 Å². The second-order valence-corrected chi connectivity index (χ2v) is 5.28. The number of nitrogens with zero attached hydrogens (tertiary/aromatic N) is 4. The van der Waals surface area contributed by atoms with Gasteiger partial charge >= 0.3 is 0 Å². The molecule has 2 rings (SSSR count). The van der Waals surface area contributed by atoms with E-state index in [9.17, 15) is 0 Å². The predicted molar refractivity (Wildman–Crippen MR) is 71.9 cm³/mol. The summed E-state index contributed by atoms with van der Waals surface area (Å²) in [5.41, 5.74) is 2.22. The van der Waals surface area contributed by atoms with Crippen molar-refractivity contribution in [3.05, 3.63) is 34.5 Å². The third-order valence-electron chi connectivity index (χ3n) is 2.35. The molecule has 0 aliphatic heterocycles. The highest BCUT2D eigenvalue weighted by Gasteiger charge is 2.12. The Kier molecular flexibility index (Phi) is 4.17. The van der Waals surface area contributed by atoms with Crippen molar-refractivity contribution >= 4 is 27.7 Å². The minimum atomic E-state index is 0.841. The molecule has 0 aliphatic carbocycles. The largest absolute Gasteiger partial charge is 0.268 e. The summed E-state index contributed by atoms with van der Waals surface area (Å²) in [6.07, 6.45) is 5.16. The normalized spacial score (nSPS) is 10.8. The monoisotopic (exact) mass is 312 g/mol. The number of halogens is 1. The van der Waals surface area contributed by atoms with Gasteiger partial charge in [0.05, 0.1) is 22.1 Å². The van der Waals surface area contributed by atoms with Gasteiger partial charge in [-0.2, -0.15) is 5.10 Å². The van der Waals surface area contributed by atoms with Gasteiger partial charge in [0.15, 0.2) is 0 Å². The van der Waals surface area contributed by atoms with Crippen LogP contribution in [0.15, 0.2) is 28.1 Å². The van der Waals surface area contributed by atoms with Crippen molar-refractivity contribution in [3.63, 3.8) is 0 Å². The number of thioether (sulfide) groups is 1. The fraction of sp³-hybridized carbons (Fsp3) is 0.364. The number of aryl methyl sites for hydroxylation is 2. The predicted octanol–water partition coefficient (Wildman–Crippen LogP) is 3.06. The summed E-state index contributed by atoms with van der Waals surface area (Å²) < 4.78 is 3.11. The maximum Gasteiger partial charge on any atom is 0.115 e. The Labute approximate surface area is 113 Å². The van der Waals surface area contributed by atoms with E-state index in [2.05, 4.69) is 37.9 Å². The summed E-state index contributed by atoms with van der Waals surface area (Å²) in [5.74, 6) is 0.841. The molecular weight excluding hydrogens is 300 g/mol. The first-order valence-electron chi connectivity index (χ1n) is 5.33. The van der Waals surface area contributed by atoms with E-state index >= 15 is 0 Å². The van der Waals surface area contributed by atoms with Crippen LogP contribution in [-0.4, -0.2) is 19.7 Å². The van der Waals surface area contributed by atoms with E-state index in [0.717, 1.165) is 27.5 Å². The van der Waals surface area contributed by atoms with Crippen molar-refractivity contribution < 1.29 is 0 Å². The van der Waals surface area contributed by atoms with Crippen molar-refractivity contribution in [2.45, 2.75) is 31.2 Å². The molecule has 2 heterocycles. The first-order valence-corrected chi connectivity index (χ1v) is 7.10. The zero-order valence-electron chi connectivity index (χ0n) is 9.72. The third-order valence-corrected chi connectivity index (χ3v) is 4.30. The Balaban J connectivity index is 2.14. The number of rotatable bonds is 4. The SMILES string of the molecule is CCn1nc(C)c(Br)c1CSc1cnccn1. The van der Waals surface area contributed by atoms with Gasteiger partial charge in [0, 0.05) is 24.7 Å². The number of hydrogen-bond donors (Lipinski definition) is 0. The van der Waals surface area contributed by atoms with Crippen LogP contribution in [0.2, 0.25) is 0 Å². The molecular formula is C11H13BrN4S. The first-order chi connectivity index (χ1) is 8.22. The summed E-state index contributed by atoms with van der Waals surface area (Å²) in [4.78, 5) is 8.29. The summed E-state index contributed by atoms with van der Waals surface area (Å²) in [7, 11) is 0. The van der Waals surface area contributed by atoms with Crippen molar-refractivity contribution in [2.75, 3.05) is 0 Å².